The zero-order valence-electron chi connectivity index (χ0n) is 19.7. The highest BCUT2D eigenvalue weighted by molar-refractivity contribution is 5.89. The van der Waals surface area contributed by atoms with Crippen molar-refractivity contribution in [2.45, 2.75) is 91.9 Å². The van der Waals surface area contributed by atoms with Crippen molar-refractivity contribution in [1.82, 2.24) is 5.32 Å². The van der Waals surface area contributed by atoms with Crippen molar-refractivity contribution < 1.29 is 19.1 Å². The predicted octanol–water partition coefficient (Wildman–Crippen LogP) is 4.26. The summed E-state index contributed by atoms with van der Waals surface area (Å²) in [5.74, 6) is 0.204. The maximum Gasteiger partial charge on any atom is 0.332 e. The molecular weight excluding hydrogens is 378 g/mol. The lowest BCUT2D eigenvalue weighted by Crippen LogP contribution is -2.59. The number of hydrogen-bond acceptors (Lipinski definition) is 4. The lowest BCUT2D eigenvalue weighted by atomic mass is 9.70. The summed E-state index contributed by atoms with van der Waals surface area (Å²) in [6, 6.07) is 0. The molecule has 1 amide bonds. The van der Waals surface area contributed by atoms with Gasteiger partial charge in [-0.15, -0.1) is 0 Å². The molecule has 0 unspecified atom stereocenters. The molecule has 0 aromatic heterocycles. The van der Waals surface area contributed by atoms with Crippen molar-refractivity contribution in [2.24, 2.45) is 34.0 Å². The standard InChI is InChI=1S/C25H39NO4/c1-15(27)26-25(13-16-8-9-17(25)12-16)21(28)30-19-18-10-11-24(7,23(18,5)6)20(19)29-14-22(2,3)4/h8-9,16-20H,10-14H2,1-7H3,(H,26,27)/t16-,17+,18+,19+,20+,24-,25-/m0/s1. The van der Waals surface area contributed by atoms with Gasteiger partial charge in [-0.25, -0.2) is 4.79 Å². The normalized spacial score (nSPS) is 43.2. The number of carbonyl (C=O) groups is 2. The molecule has 0 spiro atoms. The number of hydrogen-bond donors (Lipinski definition) is 1. The van der Waals surface area contributed by atoms with Gasteiger partial charge in [-0.05, 0) is 42.4 Å². The highest BCUT2D eigenvalue weighted by Gasteiger charge is 2.69. The highest BCUT2D eigenvalue weighted by Crippen LogP contribution is 2.67. The number of rotatable bonds is 5. The number of nitrogens with one attached hydrogen (secondary N) is 1. The second kappa shape index (κ2) is 6.82. The van der Waals surface area contributed by atoms with Crippen LogP contribution in [0.15, 0.2) is 12.2 Å². The Hall–Kier alpha value is -1.36. The second-order valence-electron chi connectivity index (χ2n) is 12.3. The van der Waals surface area contributed by atoms with E-state index >= 15 is 0 Å². The third-order valence-electron chi connectivity index (χ3n) is 8.79. The fourth-order valence-electron chi connectivity index (χ4n) is 6.81. The van der Waals surface area contributed by atoms with Gasteiger partial charge in [0.15, 0.2) is 0 Å². The number of amides is 1. The van der Waals surface area contributed by atoms with Gasteiger partial charge in [0, 0.05) is 24.2 Å². The lowest BCUT2D eigenvalue weighted by molar-refractivity contribution is -0.178. The van der Waals surface area contributed by atoms with Crippen LogP contribution < -0.4 is 5.32 Å². The Kier molecular flexibility index (Phi) is 4.97. The number of carbonyl (C=O) groups excluding carboxylic acids is 2. The Balaban J connectivity index is 1.60. The average Bonchev–Trinajstić information content (AvgIpc) is 3.29. The van der Waals surface area contributed by atoms with Crippen LogP contribution in [-0.2, 0) is 19.1 Å². The Morgan fingerprint density at radius 2 is 1.87 bits per heavy atom. The van der Waals surface area contributed by atoms with Crippen molar-refractivity contribution >= 4 is 11.9 Å². The topological polar surface area (TPSA) is 64.6 Å². The van der Waals surface area contributed by atoms with E-state index in [9.17, 15) is 9.59 Å². The van der Waals surface area contributed by atoms with Crippen LogP contribution in [0.1, 0.15) is 74.1 Å². The summed E-state index contributed by atoms with van der Waals surface area (Å²) in [4.78, 5) is 25.7. The van der Waals surface area contributed by atoms with E-state index in [1.54, 1.807) is 0 Å². The maximum absolute atomic E-state index is 13.7. The molecule has 4 bridgehead atoms. The van der Waals surface area contributed by atoms with Gasteiger partial charge in [-0.1, -0.05) is 53.7 Å². The number of fused-ring (bicyclic) bond motifs is 4. The van der Waals surface area contributed by atoms with Crippen molar-refractivity contribution in [3.05, 3.63) is 12.2 Å². The summed E-state index contributed by atoms with van der Waals surface area (Å²) in [6.07, 6.45) is 7.59. The molecule has 3 fully saturated rings. The van der Waals surface area contributed by atoms with Gasteiger partial charge in [0.1, 0.15) is 17.7 Å². The minimum Gasteiger partial charge on any atom is -0.458 e. The van der Waals surface area contributed by atoms with Gasteiger partial charge in [-0.3, -0.25) is 4.79 Å². The van der Waals surface area contributed by atoms with E-state index in [4.69, 9.17) is 9.47 Å². The van der Waals surface area contributed by atoms with Crippen LogP contribution in [0.3, 0.4) is 0 Å². The molecule has 168 valence electrons. The van der Waals surface area contributed by atoms with Crippen molar-refractivity contribution in [2.75, 3.05) is 6.61 Å². The molecule has 4 rings (SSSR count). The monoisotopic (exact) mass is 417 g/mol. The van der Waals surface area contributed by atoms with Crippen LogP contribution in [0.5, 0.6) is 0 Å². The zero-order chi connectivity index (χ0) is 22.1. The van der Waals surface area contributed by atoms with Crippen LogP contribution in [-0.4, -0.2) is 36.2 Å². The molecule has 0 radical (unpaired) electrons. The van der Waals surface area contributed by atoms with Crippen LogP contribution >= 0.6 is 0 Å². The molecule has 30 heavy (non-hydrogen) atoms. The molecule has 5 nitrogen and oxygen atoms in total. The summed E-state index contributed by atoms with van der Waals surface area (Å²) in [5, 5.41) is 3.00. The average molecular weight is 418 g/mol. The van der Waals surface area contributed by atoms with E-state index in [1.807, 2.05) is 0 Å². The summed E-state index contributed by atoms with van der Waals surface area (Å²) in [7, 11) is 0. The largest absolute Gasteiger partial charge is 0.458 e. The first-order chi connectivity index (χ1) is 13.8. The van der Waals surface area contributed by atoms with Crippen molar-refractivity contribution in [3.63, 3.8) is 0 Å². The molecule has 4 aliphatic carbocycles. The molecule has 7 atom stereocenters. The molecule has 0 aliphatic heterocycles. The van der Waals surface area contributed by atoms with E-state index < -0.39 is 5.54 Å². The van der Waals surface area contributed by atoms with E-state index in [-0.39, 0.29) is 52.2 Å². The van der Waals surface area contributed by atoms with Gasteiger partial charge < -0.3 is 14.8 Å². The number of esters is 1. The molecule has 1 N–H and O–H groups in total. The Morgan fingerprint density at radius 3 is 2.40 bits per heavy atom. The molecule has 5 heteroatoms. The molecule has 0 aromatic carbocycles. The fourth-order valence-corrected chi connectivity index (χ4v) is 6.81. The van der Waals surface area contributed by atoms with E-state index in [0.717, 1.165) is 19.3 Å². The lowest BCUT2D eigenvalue weighted by Gasteiger charge is -2.41. The first-order valence-electron chi connectivity index (χ1n) is 11.6. The second-order valence-corrected chi connectivity index (χ2v) is 12.3. The summed E-state index contributed by atoms with van der Waals surface area (Å²) < 4.78 is 12.9. The van der Waals surface area contributed by atoms with Crippen LogP contribution in [0.2, 0.25) is 0 Å². The summed E-state index contributed by atoms with van der Waals surface area (Å²) in [5.41, 5.74) is -0.865. The van der Waals surface area contributed by atoms with Crippen LogP contribution in [0.25, 0.3) is 0 Å². The third-order valence-corrected chi connectivity index (χ3v) is 8.79. The Labute approximate surface area is 181 Å². The quantitative estimate of drug-likeness (QED) is 0.536. The first kappa shape index (κ1) is 21.9. The van der Waals surface area contributed by atoms with Crippen LogP contribution in [0.4, 0.5) is 0 Å². The molecular formula is C25H39NO4. The molecule has 0 aromatic rings. The smallest absolute Gasteiger partial charge is 0.332 e. The van der Waals surface area contributed by atoms with Gasteiger partial charge >= 0.3 is 5.97 Å². The predicted molar refractivity (Wildman–Crippen MR) is 116 cm³/mol. The third kappa shape index (κ3) is 3.14. The van der Waals surface area contributed by atoms with Gasteiger partial charge in [-0.2, -0.15) is 0 Å². The van der Waals surface area contributed by atoms with Gasteiger partial charge in [0.2, 0.25) is 5.91 Å². The zero-order valence-corrected chi connectivity index (χ0v) is 19.7. The van der Waals surface area contributed by atoms with Crippen molar-refractivity contribution in [3.8, 4) is 0 Å². The fraction of sp³-hybridized carbons (Fsp3) is 0.840. The Morgan fingerprint density at radius 1 is 1.17 bits per heavy atom. The van der Waals surface area contributed by atoms with E-state index in [2.05, 4.69) is 59.0 Å². The van der Waals surface area contributed by atoms with Gasteiger partial charge in [0.25, 0.3) is 0 Å². The maximum atomic E-state index is 13.7. The number of ether oxygens (including phenoxy) is 2. The molecule has 3 saturated carbocycles. The molecule has 0 heterocycles. The summed E-state index contributed by atoms with van der Waals surface area (Å²) in [6.45, 7) is 15.5. The summed E-state index contributed by atoms with van der Waals surface area (Å²) >= 11 is 0. The number of allylic oxidation sites excluding steroid dienone is 1. The van der Waals surface area contributed by atoms with Crippen LogP contribution in [0, 0.1) is 34.0 Å². The SMILES string of the molecule is CC(=O)N[C@@]1(C(=O)O[C@@H]2[C@H]3CC[C@@](C)([C@@H]2OCC(C)(C)C)C3(C)C)C[C@H]2C=C[C@@H]1C2. The first-order valence-corrected chi connectivity index (χ1v) is 11.6. The van der Waals surface area contributed by atoms with Crippen molar-refractivity contribution in [1.29, 1.82) is 0 Å². The molecule has 4 aliphatic rings. The van der Waals surface area contributed by atoms with Gasteiger partial charge in [0.05, 0.1) is 6.61 Å². The molecule has 0 saturated heterocycles. The minimum absolute atomic E-state index is 0.0232. The van der Waals surface area contributed by atoms with E-state index in [0.29, 0.717) is 18.9 Å². The van der Waals surface area contributed by atoms with E-state index in [1.165, 1.54) is 6.92 Å². The highest BCUT2D eigenvalue weighted by atomic mass is 16.6. The minimum atomic E-state index is -0.924. The Bertz CT molecular complexity index is 766.